The summed E-state index contributed by atoms with van der Waals surface area (Å²) in [5.74, 6) is 0. The molecule has 0 atom stereocenters. The highest BCUT2D eigenvalue weighted by molar-refractivity contribution is 7.20. The van der Waals surface area contributed by atoms with Crippen molar-refractivity contribution in [3.05, 3.63) is 51.9 Å². The Morgan fingerprint density at radius 2 is 2.09 bits per heavy atom. The molecule has 1 aromatic carbocycles. The lowest BCUT2D eigenvalue weighted by Crippen LogP contribution is -2.13. The Labute approximate surface area is 139 Å². The van der Waals surface area contributed by atoms with Gasteiger partial charge >= 0.3 is 0 Å². The SMILES string of the molecule is O=c1ccnc2sc(NCCCc3nc4ccccc4s3)nn12. The van der Waals surface area contributed by atoms with Crippen LogP contribution in [0.25, 0.3) is 15.2 Å². The first-order valence-electron chi connectivity index (χ1n) is 7.23. The van der Waals surface area contributed by atoms with E-state index in [4.69, 9.17) is 0 Å². The minimum atomic E-state index is -0.159. The van der Waals surface area contributed by atoms with Gasteiger partial charge in [-0.1, -0.05) is 23.5 Å². The third-order valence-electron chi connectivity index (χ3n) is 3.35. The normalized spacial score (nSPS) is 11.3. The van der Waals surface area contributed by atoms with Gasteiger partial charge in [-0.2, -0.15) is 4.52 Å². The highest BCUT2D eigenvalue weighted by atomic mass is 32.1. The number of fused-ring (bicyclic) bond motifs is 2. The number of aryl methyl sites for hydroxylation is 1. The number of rotatable bonds is 5. The van der Waals surface area contributed by atoms with Crippen LogP contribution in [0, 0.1) is 0 Å². The van der Waals surface area contributed by atoms with Crippen LogP contribution < -0.4 is 10.9 Å². The van der Waals surface area contributed by atoms with E-state index in [0.29, 0.717) is 10.1 Å². The summed E-state index contributed by atoms with van der Waals surface area (Å²) in [4.78, 5) is 21.0. The number of para-hydroxylation sites is 1. The van der Waals surface area contributed by atoms with Gasteiger partial charge in [0.2, 0.25) is 10.1 Å². The molecule has 8 heteroatoms. The fraction of sp³-hybridized carbons (Fsp3) is 0.200. The van der Waals surface area contributed by atoms with Gasteiger partial charge in [0.1, 0.15) is 0 Å². The molecular weight excluding hydrogens is 330 g/mol. The van der Waals surface area contributed by atoms with Gasteiger partial charge in [0.15, 0.2) is 0 Å². The molecule has 1 N–H and O–H groups in total. The number of nitrogens with zero attached hydrogens (tertiary/aromatic N) is 4. The Balaban J connectivity index is 1.37. The number of aromatic nitrogens is 4. The molecule has 0 aliphatic carbocycles. The minimum absolute atomic E-state index is 0.159. The summed E-state index contributed by atoms with van der Waals surface area (Å²) in [6, 6.07) is 9.59. The Morgan fingerprint density at radius 3 is 2.96 bits per heavy atom. The molecule has 6 nitrogen and oxygen atoms in total. The van der Waals surface area contributed by atoms with E-state index < -0.39 is 0 Å². The summed E-state index contributed by atoms with van der Waals surface area (Å²) in [6.45, 7) is 0.782. The Hall–Kier alpha value is -2.32. The molecule has 0 amide bonds. The molecule has 0 saturated heterocycles. The van der Waals surface area contributed by atoms with Crippen LogP contribution in [-0.2, 0) is 6.42 Å². The molecule has 0 bridgehead atoms. The van der Waals surface area contributed by atoms with Gasteiger partial charge in [-0.3, -0.25) is 4.79 Å². The molecule has 23 heavy (non-hydrogen) atoms. The summed E-state index contributed by atoms with van der Waals surface area (Å²) >= 11 is 3.12. The molecule has 0 aliphatic rings. The van der Waals surface area contributed by atoms with Crippen molar-refractivity contribution in [2.45, 2.75) is 12.8 Å². The average Bonchev–Trinajstić information content (AvgIpc) is 3.15. The summed E-state index contributed by atoms with van der Waals surface area (Å²) in [5.41, 5.74) is 0.908. The molecule has 116 valence electrons. The van der Waals surface area contributed by atoms with E-state index in [-0.39, 0.29) is 5.56 Å². The van der Waals surface area contributed by atoms with Crippen LogP contribution in [0.2, 0.25) is 0 Å². The summed E-state index contributed by atoms with van der Waals surface area (Å²) < 4.78 is 2.55. The molecule has 0 fully saturated rings. The number of hydrogen-bond acceptors (Lipinski definition) is 7. The zero-order valence-corrected chi connectivity index (χ0v) is 13.7. The van der Waals surface area contributed by atoms with Crippen LogP contribution in [0.1, 0.15) is 11.4 Å². The van der Waals surface area contributed by atoms with Crippen molar-refractivity contribution in [1.29, 1.82) is 0 Å². The van der Waals surface area contributed by atoms with E-state index in [2.05, 4.69) is 26.4 Å². The zero-order valence-electron chi connectivity index (χ0n) is 12.1. The van der Waals surface area contributed by atoms with E-state index >= 15 is 0 Å². The van der Waals surface area contributed by atoms with E-state index in [0.717, 1.165) is 29.9 Å². The van der Waals surface area contributed by atoms with Crippen molar-refractivity contribution < 1.29 is 0 Å². The molecule has 0 radical (unpaired) electrons. The van der Waals surface area contributed by atoms with Crippen molar-refractivity contribution in [3.63, 3.8) is 0 Å². The fourth-order valence-corrected chi connectivity index (χ4v) is 4.09. The lowest BCUT2D eigenvalue weighted by molar-refractivity contribution is 0.843. The second kappa shape index (κ2) is 6.05. The largest absolute Gasteiger partial charge is 0.360 e. The van der Waals surface area contributed by atoms with Crippen LogP contribution in [0.15, 0.2) is 41.3 Å². The van der Waals surface area contributed by atoms with Crippen LogP contribution >= 0.6 is 22.7 Å². The van der Waals surface area contributed by atoms with Crippen molar-refractivity contribution >= 4 is 43.0 Å². The number of nitrogens with one attached hydrogen (secondary N) is 1. The van der Waals surface area contributed by atoms with Crippen LogP contribution in [0.4, 0.5) is 5.13 Å². The first-order chi connectivity index (χ1) is 11.3. The first-order valence-corrected chi connectivity index (χ1v) is 8.86. The van der Waals surface area contributed by atoms with Crippen LogP contribution in [-0.4, -0.2) is 26.1 Å². The second-order valence-electron chi connectivity index (χ2n) is 4.99. The van der Waals surface area contributed by atoms with Gasteiger partial charge in [-0.15, -0.1) is 16.4 Å². The number of thiazole rings is 1. The van der Waals surface area contributed by atoms with Gasteiger partial charge < -0.3 is 5.32 Å². The third kappa shape index (κ3) is 2.95. The Kier molecular flexibility index (Phi) is 3.76. The lowest BCUT2D eigenvalue weighted by Gasteiger charge is -1.99. The average molecular weight is 343 g/mol. The smallest absolute Gasteiger partial charge is 0.275 e. The lowest BCUT2D eigenvalue weighted by atomic mass is 10.3. The third-order valence-corrected chi connectivity index (χ3v) is 5.33. The summed E-state index contributed by atoms with van der Waals surface area (Å²) in [6.07, 6.45) is 3.39. The van der Waals surface area contributed by atoms with E-state index in [1.807, 2.05) is 18.2 Å². The summed E-state index contributed by atoms with van der Waals surface area (Å²) in [7, 11) is 0. The Bertz CT molecular complexity index is 986. The predicted octanol–water partition coefficient (Wildman–Crippen LogP) is 2.81. The van der Waals surface area contributed by atoms with Gasteiger partial charge in [-0.05, 0) is 18.6 Å². The van der Waals surface area contributed by atoms with E-state index in [9.17, 15) is 4.79 Å². The topological polar surface area (TPSA) is 72.2 Å². The molecule has 3 aromatic heterocycles. The van der Waals surface area contributed by atoms with Gasteiger partial charge in [0, 0.05) is 25.2 Å². The van der Waals surface area contributed by atoms with Crippen LogP contribution in [0.5, 0.6) is 0 Å². The molecule has 4 aromatic rings. The monoisotopic (exact) mass is 343 g/mol. The molecule has 0 aliphatic heterocycles. The molecule has 4 rings (SSSR count). The van der Waals surface area contributed by atoms with Gasteiger partial charge in [0.25, 0.3) is 5.56 Å². The maximum atomic E-state index is 11.6. The Morgan fingerprint density at radius 1 is 1.17 bits per heavy atom. The van der Waals surface area contributed by atoms with Crippen molar-refractivity contribution in [1.82, 2.24) is 19.6 Å². The highest BCUT2D eigenvalue weighted by Gasteiger charge is 2.06. The van der Waals surface area contributed by atoms with Crippen LogP contribution in [0.3, 0.4) is 0 Å². The van der Waals surface area contributed by atoms with Gasteiger partial charge in [0.05, 0.1) is 15.2 Å². The maximum Gasteiger partial charge on any atom is 0.275 e. The molecule has 3 heterocycles. The van der Waals surface area contributed by atoms with Crippen molar-refractivity contribution in [3.8, 4) is 0 Å². The van der Waals surface area contributed by atoms with Crippen molar-refractivity contribution in [2.24, 2.45) is 0 Å². The standard InChI is InChI=1S/C15H13N5OS2/c21-13-7-9-17-15-20(13)19-14(23-15)16-8-3-6-12-18-10-4-1-2-5-11(10)22-12/h1-2,4-5,7,9H,3,6,8H2,(H,16,19). The number of anilines is 1. The predicted molar refractivity (Wildman–Crippen MR) is 93.6 cm³/mol. The minimum Gasteiger partial charge on any atom is -0.360 e. The number of hydrogen-bond donors (Lipinski definition) is 1. The fourth-order valence-electron chi connectivity index (χ4n) is 2.28. The zero-order chi connectivity index (χ0) is 15.6. The number of benzene rings is 1. The van der Waals surface area contributed by atoms with Gasteiger partial charge in [-0.25, -0.2) is 9.97 Å². The van der Waals surface area contributed by atoms with Crippen molar-refractivity contribution in [2.75, 3.05) is 11.9 Å². The molecule has 0 unspecified atom stereocenters. The maximum absolute atomic E-state index is 11.6. The highest BCUT2D eigenvalue weighted by Crippen LogP contribution is 2.22. The first kappa shape index (κ1) is 14.3. The van der Waals surface area contributed by atoms with E-state index in [1.54, 1.807) is 11.3 Å². The molecule has 0 spiro atoms. The van der Waals surface area contributed by atoms with E-state index in [1.165, 1.54) is 32.8 Å². The second-order valence-corrected chi connectivity index (χ2v) is 7.06. The molecule has 0 saturated carbocycles. The summed E-state index contributed by atoms with van der Waals surface area (Å²) in [5, 5.41) is 9.34. The molecular formula is C15H13N5OS2. The quantitative estimate of drug-likeness (QED) is 0.564.